The molecule has 6 N–H and O–H groups in total. The maximum atomic E-state index is 11.7. The molecule has 35 heavy (non-hydrogen) atoms. The molecular formula is C27H28N2O6. The Kier molecular flexibility index (Phi) is 5.70. The van der Waals surface area contributed by atoms with Gasteiger partial charge < -0.3 is 40.2 Å². The first-order chi connectivity index (χ1) is 16.7. The van der Waals surface area contributed by atoms with E-state index >= 15 is 0 Å². The summed E-state index contributed by atoms with van der Waals surface area (Å²) in [5, 5.41) is 52.9. The second-order valence-electron chi connectivity index (χ2n) is 9.25. The molecule has 1 aliphatic heterocycles. The van der Waals surface area contributed by atoms with Crippen LogP contribution in [0, 0.1) is 0 Å². The summed E-state index contributed by atoms with van der Waals surface area (Å²) in [6.45, 7) is 0.805. The Morgan fingerprint density at radius 3 is 2.37 bits per heavy atom. The fourth-order valence-corrected chi connectivity index (χ4v) is 4.92. The van der Waals surface area contributed by atoms with Crippen molar-refractivity contribution in [2.24, 2.45) is 0 Å². The largest absolute Gasteiger partial charge is 0.508 e. The number of ether oxygens (including phenoxy) is 1. The number of phenols is 4. The molecule has 8 heteroatoms. The number of nitrogens with one attached hydrogen (secondary N) is 1. The second-order valence-corrected chi connectivity index (χ2v) is 9.25. The van der Waals surface area contributed by atoms with Crippen molar-refractivity contribution < 1.29 is 30.3 Å². The molecule has 0 bridgehead atoms. The highest BCUT2D eigenvalue weighted by Gasteiger charge is 2.41. The molecule has 1 aliphatic rings. The number of aliphatic hydroxyl groups excluding tert-OH is 1. The standard InChI is InChI=1S/C27H28N2O6/c1-29(2)10-9-17-16-5-3-4-6-19(16)28-24(17)23-18-8-7-15(30)13-22(18)35-27(26(23)34)14-11-20(31)25(33)21(32)12-14/h3-8,11-13,23,26-28,30-34H,9-10H2,1-2H3/t23-,26+,27-/m0/s1. The van der Waals surface area contributed by atoms with Gasteiger partial charge in [0.25, 0.3) is 0 Å². The lowest BCUT2D eigenvalue weighted by molar-refractivity contribution is 0.00727. The molecule has 3 aromatic carbocycles. The SMILES string of the molecule is CN(C)CCc1c([C@@H]2c3ccc(O)cc3O[C@@H](c3cc(O)c(O)c(O)c3)[C@@H]2O)[nH]c2ccccc12. The van der Waals surface area contributed by atoms with Gasteiger partial charge in [-0.3, -0.25) is 0 Å². The van der Waals surface area contributed by atoms with E-state index < -0.39 is 35.4 Å². The number of H-pyrrole nitrogens is 1. The van der Waals surface area contributed by atoms with Crippen LogP contribution in [0.25, 0.3) is 10.9 Å². The fraction of sp³-hybridized carbons (Fsp3) is 0.259. The van der Waals surface area contributed by atoms with Crippen LogP contribution >= 0.6 is 0 Å². The summed E-state index contributed by atoms with van der Waals surface area (Å²) in [7, 11) is 4.02. The normalized spacial score (nSPS) is 19.6. The molecule has 0 saturated heterocycles. The number of hydrogen-bond donors (Lipinski definition) is 6. The Labute approximate surface area is 202 Å². The number of phenolic OH excluding ortho intramolecular Hbond substituents is 4. The van der Waals surface area contributed by atoms with Crippen molar-refractivity contribution in [3.8, 4) is 28.7 Å². The van der Waals surface area contributed by atoms with E-state index in [1.807, 2.05) is 32.3 Å². The third-order valence-corrected chi connectivity index (χ3v) is 6.63. The highest BCUT2D eigenvalue weighted by molar-refractivity contribution is 5.85. The third-order valence-electron chi connectivity index (χ3n) is 6.63. The Morgan fingerprint density at radius 1 is 0.943 bits per heavy atom. The predicted octanol–water partition coefficient (Wildman–Crippen LogP) is 3.72. The summed E-state index contributed by atoms with van der Waals surface area (Å²) in [5.41, 5.74) is 3.86. The minimum Gasteiger partial charge on any atom is -0.508 e. The minimum absolute atomic E-state index is 0.0125. The van der Waals surface area contributed by atoms with Gasteiger partial charge in [0.15, 0.2) is 23.4 Å². The maximum absolute atomic E-state index is 11.7. The van der Waals surface area contributed by atoms with Crippen LogP contribution in [0.3, 0.4) is 0 Å². The molecule has 3 atom stereocenters. The van der Waals surface area contributed by atoms with Gasteiger partial charge in [-0.15, -0.1) is 0 Å². The van der Waals surface area contributed by atoms with Crippen molar-refractivity contribution in [1.29, 1.82) is 0 Å². The van der Waals surface area contributed by atoms with Gasteiger partial charge in [0.2, 0.25) is 0 Å². The quantitative estimate of drug-likeness (QED) is 0.242. The van der Waals surface area contributed by atoms with E-state index in [1.54, 1.807) is 12.1 Å². The number of rotatable bonds is 5. The van der Waals surface area contributed by atoms with Crippen LogP contribution in [0.4, 0.5) is 0 Å². The highest BCUT2D eigenvalue weighted by Crippen LogP contribution is 2.49. The average molecular weight is 477 g/mol. The topological polar surface area (TPSA) is 129 Å². The Bertz CT molecular complexity index is 1370. The summed E-state index contributed by atoms with van der Waals surface area (Å²) >= 11 is 0. The average Bonchev–Trinajstić information content (AvgIpc) is 3.18. The van der Waals surface area contributed by atoms with Crippen molar-refractivity contribution in [2.45, 2.75) is 24.5 Å². The lowest BCUT2D eigenvalue weighted by Gasteiger charge is -2.37. The minimum atomic E-state index is -1.11. The fourth-order valence-electron chi connectivity index (χ4n) is 4.92. The molecule has 0 aliphatic carbocycles. The van der Waals surface area contributed by atoms with Gasteiger partial charge in [-0.25, -0.2) is 0 Å². The number of aromatic hydroxyl groups is 4. The zero-order chi connectivity index (χ0) is 24.9. The van der Waals surface area contributed by atoms with E-state index in [2.05, 4.69) is 16.0 Å². The maximum Gasteiger partial charge on any atom is 0.200 e. The number of aliphatic hydroxyl groups is 1. The van der Waals surface area contributed by atoms with Crippen LogP contribution in [-0.2, 0) is 6.42 Å². The van der Waals surface area contributed by atoms with Crippen LogP contribution in [0.1, 0.15) is 34.4 Å². The zero-order valence-electron chi connectivity index (χ0n) is 19.4. The summed E-state index contributed by atoms with van der Waals surface area (Å²) in [6, 6.07) is 15.3. The van der Waals surface area contributed by atoms with E-state index in [0.717, 1.165) is 35.1 Å². The van der Waals surface area contributed by atoms with Gasteiger partial charge in [-0.2, -0.15) is 0 Å². The Morgan fingerprint density at radius 2 is 1.66 bits per heavy atom. The molecule has 2 heterocycles. The van der Waals surface area contributed by atoms with Crippen molar-refractivity contribution in [1.82, 2.24) is 9.88 Å². The van der Waals surface area contributed by atoms with Gasteiger partial charge in [0.05, 0.1) is 5.92 Å². The Hall–Kier alpha value is -3.88. The van der Waals surface area contributed by atoms with Crippen molar-refractivity contribution in [2.75, 3.05) is 20.6 Å². The van der Waals surface area contributed by atoms with Gasteiger partial charge in [0, 0.05) is 40.3 Å². The van der Waals surface area contributed by atoms with Crippen LogP contribution in [0.5, 0.6) is 28.7 Å². The number of aromatic nitrogens is 1. The lowest BCUT2D eigenvalue weighted by Crippen LogP contribution is -2.35. The third kappa shape index (κ3) is 4.00. The molecule has 5 rings (SSSR count). The first-order valence-corrected chi connectivity index (χ1v) is 11.4. The number of aromatic amines is 1. The number of para-hydroxylation sites is 1. The monoisotopic (exact) mass is 476 g/mol. The van der Waals surface area contributed by atoms with Crippen LogP contribution in [0.2, 0.25) is 0 Å². The molecule has 0 radical (unpaired) electrons. The second kappa shape index (κ2) is 8.72. The molecule has 0 spiro atoms. The number of nitrogens with zero attached hydrogens (tertiary/aromatic N) is 1. The molecule has 0 saturated carbocycles. The van der Waals surface area contributed by atoms with E-state index in [1.165, 1.54) is 18.2 Å². The van der Waals surface area contributed by atoms with Crippen LogP contribution < -0.4 is 4.74 Å². The molecule has 0 fully saturated rings. The highest BCUT2D eigenvalue weighted by atomic mass is 16.5. The smallest absolute Gasteiger partial charge is 0.200 e. The number of benzene rings is 3. The summed E-state index contributed by atoms with van der Waals surface area (Å²) in [6.07, 6.45) is -1.35. The van der Waals surface area contributed by atoms with Gasteiger partial charge in [-0.1, -0.05) is 24.3 Å². The summed E-state index contributed by atoms with van der Waals surface area (Å²) < 4.78 is 6.09. The summed E-state index contributed by atoms with van der Waals surface area (Å²) in [4.78, 5) is 5.61. The molecule has 182 valence electrons. The Balaban J connectivity index is 1.70. The molecule has 0 amide bonds. The van der Waals surface area contributed by atoms with Gasteiger partial charge >= 0.3 is 0 Å². The van der Waals surface area contributed by atoms with E-state index in [4.69, 9.17) is 4.74 Å². The number of fused-ring (bicyclic) bond motifs is 2. The predicted molar refractivity (Wildman–Crippen MR) is 131 cm³/mol. The first-order valence-electron chi connectivity index (χ1n) is 11.4. The van der Waals surface area contributed by atoms with Crippen LogP contribution in [-0.4, -0.2) is 62.2 Å². The molecule has 8 nitrogen and oxygen atoms in total. The molecule has 4 aromatic rings. The number of likely N-dealkylation sites (N-methyl/N-ethyl adjacent to an activating group) is 1. The van der Waals surface area contributed by atoms with E-state index in [9.17, 15) is 25.5 Å². The van der Waals surface area contributed by atoms with Gasteiger partial charge in [0.1, 0.15) is 17.6 Å². The molecule has 1 aromatic heterocycles. The zero-order valence-corrected chi connectivity index (χ0v) is 19.4. The van der Waals surface area contributed by atoms with Crippen molar-refractivity contribution >= 4 is 10.9 Å². The van der Waals surface area contributed by atoms with Crippen LogP contribution in [0.15, 0.2) is 54.6 Å². The van der Waals surface area contributed by atoms with E-state index in [0.29, 0.717) is 11.3 Å². The molecule has 0 unspecified atom stereocenters. The summed E-state index contributed by atoms with van der Waals surface area (Å²) in [5.74, 6) is -1.84. The van der Waals surface area contributed by atoms with Crippen molar-refractivity contribution in [3.63, 3.8) is 0 Å². The number of hydrogen-bond acceptors (Lipinski definition) is 7. The van der Waals surface area contributed by atoms with E-state index in [-0.39, 0.29) is 11.3 Å². The first kappa shape index (κ1) is 22.9. The lowest BCUT2D eigenvalue weighted by atomic mass is 9.80. The van der Waals surface area contributed by atoms with Gasteiger partial charge in [-0.05, 0) is 50.3 Å². The van der Waals surface area contributed by atoms with Crippen molar-refractivity contribution in [3.05, 3.63) is 77.0 Å². The molecular weight excluding hydrogens is 448 g/mol.